The molecule has 0 saturated heterocycles. The van der Waals surface area contributed by atoms with Gasteiger partial charge in [-0.05, 0) is 31.9 Å². The number of aromatic amines is 1. The van der Waals surface area contributed by atoms with Gasteiger partial charge in [-0.2, -0.15) is 0 Å². The lowest BCUT2D eigenvalue weighted by molar-refractivity contribution is 0.0552. The van der Waals surface area contributed by atoms with E-state index in [0.717, 1.165) is 30.0 Å². The number of nitrogens with one attached hydrogen (secondary N) is 1. The highest BCUT2D eigenvalue weighted by molar-refractivity contribution is 5.66. The van der Waals surface area contributed by atoms with Crippen LogP contribution in [0.4, 0.5) is 5.82 Å². The van der Waals surface area contributed by atoms with E-state index in [1.54, 1.807) is 6.34 Å². The fourth-order valence-electron chi connectivity index (χ4n) is 2.47. The Hall–Kier alpha value is -2.07. The van der Waals surface area contributed by atoms with E-state index >= 15 is 0 Å². The second-order valence-corrected chi connectivity index (χ2v) is 5.35. The van der Waals surface area contributed by atoms with Crippen molar-refractivity contribution in [3.8, 4) is 0 Å². The molecule has 4 heteroatoms. The number of rotatable bonds is 3. The number of aryl methyl sites for hydroxylation is 2. The first kappa shape index (κ1) is 12.9. The first-order valence-corrected chi connectivity index (χ1v) is 6.86. The molecule has 0 spiro atoms. The van der Waals surface area contributed by atoms with E-state index in [1.165, 1.54) is 11.1 Å². The van der Waals surface area contributed by atoms with Gasteiger partial charge in [0.05, 0.1) is 6.34 Å². The van der Waals surface area contributed by atoms with Crippen molar-refractivity contribution < 1.29 is 5.11 Å². The summed E-state index contributed by atoms with van der Waals surface area (Å²) in [5, 5.41) is 10.4. The van der Waals surface area contributed by atoms with Crippen molar-refractivity contribution >= 4 is 12.2 Å². The smallest absolute Gasteiger partial charge is 0.157 e. The lowest BCUT2D eigenvalue weighted by Gasteiger charge is -2.28. The molecule has 2 heterocycles. The van der Waals surface area contributed by atoms with E-state index in [4.69, 9.17) is 0 Å². The predicted molar refractivity (Wildman–Crippen MR) is 80.2 cm³/mol. The molecule has 0 fully saturated rings. The molecule has 0 aliphatic carbocycles. The number of benzene rings is 1. The minimum atomic E-state index is -0.613. The lowest BCUT2D eigenvalue weighted by Crippen LogP contribution is -2.31. The molecule has 1 aliphatic rings. The third-order valence-electron chi connectivity index (χ3n) is 3.67. The van der Waals surface area contributed by atoms with Crippen LogP contribution in [0.25, 0.3) is 0 Å². The molecule has 2 N–H and O–H groups in total. The average molecular weight is 269 g/mol. The summed E-state index contributed by atoms with van der Waals surface area (Å²) < 4.78 is 0. The number of H-pyrrole nitrogens is 1. The van der Waals surface area contributed by atoms with E-state index in [1.807, 2.05) is 17.9 Å². The number of nitrogens with zero attached hydrogens (tertiary/aromatic N) is 2. The van der Waals surface area contributed by atoms with Crippen LogP contribution in [0.5, 0.6) is 0 Å². The maximum absolute atomic E-state index is 10.4. The summed E-state index contributed by atoms with van der Waals surface area (Å²) in [7, 11) is 0. The van der Waals surface area contributed by atoms with Crippen LogP contribution in [0.3, 0.4) is 0 Å². The normalized spacial score (nSPS) is 17.4. The molecule has 20 heavy (non-hydrogen) atoms. The number of hydrogen-bond acceptors (Lipinski definition) is 3. The maximum atomic E-state index is 10.4. The molecule has 0 saturated carbocycles. The molecule has 0 radical (unpaired) electrons. The first-order valence-electron chi connectivity index (χ1n) is 6.86. The topological polar surface area (TPSA) is 51.6 Å². The first-order chi connectivity index (χ1) is 9.63. The average Bonchev–Trinajstić information content (AvgIpc) is 2.81. The van der Waals surface area contributed by atoms with E-state index in [-0.39, 0.29) is 0 Å². The SMILES string of the molecule is Cc1ccc(CCN2C=Nc3[nH]c(C)cc3C2O)cc1. The monoisotopic (exact) mass is 269 g/mol. The van der Waals surface area contributed by atoms with Gasteiger partial charge in [-0.15, -0.1) is 0 Å². The van der Waals surface area contributed by atoms with Gasteiger partial charge in [0.1, 0.15) is 5.82 Å². The fourth-order valence-corrected chi connectivity index (χ4v) is 2.47. The third kappa shape index (κ3) is 2.47. The number of aliphatic hydroxyl groups is 1. The predicted octanol–water partition coefficient (Wildman–Crippen LogP) is 2.84. The molecule has 0 amide bonds. The molecule has 4 nitrogen and oxygen atoms in total. The number of fused-ring (bicyclic) bond motifs is 1. The summed E-state index contributed by atoms with van der Waals surface area (Å²) in [5.74, 6) is 0.765. The van der Waals surface area contributed by atoms with Gasteiger partial charge in [0.2, 0.25) is 0 Å². The van der Waals surface area contributed by atoms with E-state index in [0.29, 0.717) is 0 Å². The Balaban J connectivity index is 1.68. The van der Waals surface area contributed by atoms with Crippen molar-refractivity contribution in [2.75, 3.05) is 6.54 Å². The molecular formula is C16H19N3O. The number of aliphatic hydroxyl groups excluding tert-OH is 1. The number of aliphatic imine (C=N–C) groups is 1. The Morgan fingerprint density at radius 2 is 2.00 bits per heavy atom. The van der Waals surface area contributed by atoms with Gasteiger partial charge in [0.25, 0.3) is 0 Å². The molecule has 0 bridgehead atoms. The van der Waals surface area contributed by atoms with Gasteiger partial charge in [-0.3, -0.25) is 0 Å². The second-order valence-electron chi connectivity index (χ2n) is 5.35. The van der Waals surface area contributed by atoms with Gasteiger partial charge in [-0.25, -0.2) is 4.99 Å². The minimum Gasteiger partial charge on any atom is -0.369 e. The highest BCUT2D eigenvalue weighted by Crippen LogP contribution is 2.31. The highest BCUT2D eigenvalue weighted by Gasteiger charge is 2.23. The van der Waals surface area contributed by atoms with Crippen LogP contribution in [0.1, 0.15) is 28.6 Å². The van der Waals surface area contributed by atoms with Crippen LogP contribution >= 0.6 is 0 Å². The largest absolute Gasteiger partial charge is 0.369 e. The van der Waals surface area contributed by atoms with E-state index in [2.05, 4.69) is 41.2 Å². The van der Waals surface area contributed by atoms with Crippen molar-refractivity contribution in [3.63, 3.8) is 0 Å². The summed E-state index contributed by atoms with van der Waals surface area (Å²) >= 11 is 0. The van der Waals surface area contributed by atoms with Gasteiger partial charge in [-0.1, -0.05) is 29.8 Å². The van der Waals surface area contributed by atoms with Crippen molar-refractivity contribution in [1.29, 1.82) is 0 Å². The molecule has 2 aromatic rings. The van der Waals surface area contributed by atoms with E-state index < -0.39 is 6.23 Å². The number of aromatic nitrogens is 1. The molecule has 1 unspecified atom stereocenters. The van der Waals surface area contributed by atoms with E-state index in [9.17, 15) is 5.11 Å². The summed E-state index contributed by atoms with van der Waals surface area (Å²) in [6, 6.07) is 10.5. The number of hydrogen-bond donors (Lipinski definition) is 2. The molecule has 3 rings (SSSR count). The maximum Gasteiger partial charge on any atom is 0.157 e. The zero-order valence-corrected chi connectivity index (χ0v) is 11.8. The molecule has 1 aromatic heterocycles. The quantitative estimate of drug-likeness (QED) is 0.900. The third-order valence-corrected chi connectivity index (χ3v) is 3.67. The summed E-state index contributed by atoms with van der Waals surface area (Å²) in [6.45, 7) is 4.80. The molecule has 1 aromatic carbocycles. The molecule has 104 valence electrons. The fraction of sp³-hybridized carbons (Fsp3) is 0.312. The standard InChI is InChI=1S/C16H19N3O/c1-11-3-5-13(6-4-11)7-8-19-10-17-15-14(16(19)20)9-12(2)18-15/h3-6,9-10,16,18,20H,7-8H2,1-2H3. The zero-order valence-electron chi connectivity index (χ0n) is 11.8. The Morgan fingerprint density at radius 1 is 1.25 bits per heavy atom. The summed E-state index contributed by atoms with van der Waals surface area (Å²) in [4.78, 5) is 9.37. The van der Waals surface area contributed by atoms with Crippen molar-refractivity contribution in [2.45, 2.75) is 26.5 Å². The summed E-state index contributed by atoms with van der Waals surface area (Å²) in [6.07, 6.45) is 2.00. The van der Waals surface area contributed by atoms with Crippen LogP contribution in [0.15, 0.2) is 35.3 Å². The highest BCUT2D eigenvalue weighted by atomic mass is 16.3. The van der Waals surface area contributed by atoms with Crippen LogP contribution in [0.2, 0.25) is 0 Å². The molecule has 1 aliphatic heterocycles. The Labute approximate surface area is 118 Å². The van der Waals surface area contributed by atoms with Crippen LogP contribution in [-0.4, -0.2) is 27.9 Å². The minimum absolute atomic E-state index is 0.613. The van der Waals surface area contributed by atoms with Crippen molar-refractivity contribution in [2.24, 2.45) is 4.99 Å². The molecular weight excluding hydrogens is 250 g/mol. The van der Waals surface area contributed by atoms with Crippen LogP contribution < -0.4 is 0 Å². The Kier molecular flexibility index (Phi) is 3.32. The zero-order chi connectivity index (χ0) is 14.1. The second kappa shape index (κ2) is 5.13. The van der Waals surface area contributed by atoms with Gasteiger partial charge in [0, 0.05) is 17.8 Å². The van der Waals surface area contributed by atoms with Gasteiger partial charge >= 0.3 is 0 Å². The van der Waals surface area contributed by atoms with Crippen molar-refractivity contribution in [3.05, 3.63) is 52.7 Å². The van der Waals surface area contributed by atoms with Gasteiger partial charge in [0.15, 0.2) is 6.23 Å². The Bertz CT molecular complexity index is 628. The summed E-state index contributed by atoms with van der Waals surface area (Å²) in [5.41, 5.74) is 4.41. The lowest BCUT2D eigenvalue weighted by atomic mass is 10.1. The van der Waals surface area contributed by atoms with Crippen LogP contribution in [-0.2, 0) is 6.42 Å². The van der Waals surface area contributed by atoms with Crippen molar-refractivity contribution in [1.82, 2.24) is 9.88 Å². The van der Waals surface area contributed by atoms with Crippen LogP contribution in [0, 0.1) is 13.8 Å². The Morgan fingerprint density at radius 3 is 2.75 bits per heavy atom. The molecule has 1 atom stereocenters. The van der Waals surface area contributed by atoms with Gasteiger partial charge < -0.3 is 15.0 Å².